The monoisotopic (exact) mass is 393 g/mol. The Bertz CT molecular complexity index is 1200. The number of nitrogens with zero attached hydrogens (tertiary/aromatic N) is 5. The second-order valence-electron chi connectivity index (χ2n) is 7.80. The molecule has 29 heavy (non-hydrogen) atoms. The van der Waals surface area contributed by atoms with Crippen LogP contribution in [0, 0.1) is 12.7 Å². The molecule has 0 aliphatic carbocycles. The molecular formula is C21H24FN7. The molecule has 0 saturated carbocycles. The summed E-state index contributed by atoms with van der Waals surface area (Å²) < 4.78 is 17.3. The Hall–Kier alpha value is -3.00. The Kier molecular flexibility index (Phi) is 4.24. The molecule has 0 atom stereocenters. The van der Waals surface area contributed by atoms with Crippen LogP contribution in [0.2, 0.25) is 0 Å². The van der Waals surface area contributed by atoms with Gasteiger partial charge in [-0.2, -0.15) is 4.98 Å². The highest BCUT2D eigenvalue weighted by Crippen LogP contribution is 2.34. The molecule has 150 valence electrons. The molecule has 5 rings (SSSR count). The summed E-state index contributed by atoms with van der Waals surface area (Å²) in [4.78, 5) is 18.8. The smallest absolute Gasteiger partial charge is 0.224 e. The summed E-state index contributed by atoms with van der Waals surface area (Å²) in [5.74, 6) is 1.12. The highest BCUT2D eigenvalue weighted by atomic mass is 19.1. The van der Waals surface area contributed by atoms with Gasteiger partial charge in [0.1, 0.15) is 17.0 Å². The normalized spacial score (nSPS) is 16.1. The van der Waals surface area contributed by atoms with E-state index in [4.69, 9.17) is 0 Å². The summed E-state index contributed by atoms with van der Waals surface area (Å²) in [6.45, 7) is 4.05. The predicted molar refractivity (Wildman–Crippen MR) is 113 cm³/mol. The van der Waals surface area contributed by atoms with Crippen molar-refractivity contribution in [2.45, 2.75) is 25.8 Å². The maximum atomic E-state index is 15.0. The predicted octanol–water partition coefficient (Wildman–Crippen LogP) is 3.73. The number of anilines is 1. The molecule has 1 saturated heterocycles. The van der Waals surface area contributed by atoms with Gasteiger partial charge in [0.15, 0.2) is 5.82 Å². The zero-order valence-electron chi connectivity index (χ0n) is 16.8. The first-order valence-electron chi connectivity index (χ1n) is 9.94. The van der Waals surface area contributed by atoms with Crippen LogP contribution in [-0.4, -0.2) is 56.6 Å². The van der Waals surface area contributed by atoms with E-state index in [1.807, 2.05) is 19.2 Å². The zero-order chi connectivity index (χ0) is 20.1. The number of hydrogen-bond donors (Lipinski definition) is 2. The number of nitrogens with one attached hydrogen (secondary N) is 2. The Morgan fingerprint density at radius 2 is 2.00 bits per heavy atom. The minimum Gasteiger partial charge on any atom is -0.357 e. The highest BCUT2D eigenvalue weighted by Gasteiger charge is 2.24. The molecule has 1 fully saturated rings. The molecule has 1 aliphatic rings. The summed E-state index contributed by atoms with van der Waals surface area (Å²) in [6.07, 6.45) is 5.72. The van der Waals surface area contributed by atoms with Crippen molar-refractivity contribution < 1.29 is 4.39 Å². The lowest BCUT2D eigenvalue weighted by Crippen LogP contribution is -2.31. The fourth-order valence-corrected chi connectivity index (χ4v) is 4.40. The van der Waals surface area contributed by atoms with E-state index in [0.717, 1.165) is 59.4 Å². The third kappa shape index (κ3) is 2.95. The van der Waals surface area contributed by atoms with Gasteiger partial charge in [-0.1, -0.05) is 0 Å². The first-order valence-corrected chi connectivity index (χ1v) is 9.94. The number of fused-ring (bicyclic) bond motifs is 2. The van der Waals surface area contributed by atoms with Crippen LogP contribution in [0.25, 0.3) is 33.2 Å². The van der Waals surface area contributed by atoms with Gasteiger partial charge in [0.25, 0.3) is 0 Å². The van der Waals surface area contributed by atoms with Gasteiger partial charge >= 0.3 is 0 Å². The molecular weight excluding hydrogens is 369 g/mol. The van der Waals surface area contributed by atoms with E-state index >= 15 is 4.39 Å². The zero-order valence-corrected chi connectivity index (χ0v) is 16.8. The molecule has 4 aromatic rings. The molecule has 0 spiro atoms. The number of hydrogen-bond acceptors (Lipinski definition) is 5. The molecule has 0 unspecified atom stereocenters. The van der Waals surface area contributed by atoms with Crippen molar-refractivity contribution in [2.75, 3.05) is 32.5 Å². The minimum atomic E-state index is -0.297. The lowest BCUT2D eigenvalue weighted by Gasteiger charge is -2.30. The third-order valence-electron chi connectivity index (χ3n) is 5.95. The van der Waals surface area contributed by atoms with Gasteiger partial charge in [-0.05, 0) is 57.6 Å². The maximum absolute atomic E-state index is 15.0. The molecule has 8 heteroatoms. The molecule has 7 nitrogen and oxygen atoms in total. The molecule has 4 heterocycles. The number of halogens is 1. The van der Waals surface area contributed by atoms with Gasteiger partial charge in [-0.3, -0.25) is 0 Å². The van der Waals surface area contributed by atoms with Crippen molar-refractivity contribution in [3.05, 3.63) is 36.2 Å². The number of aromatic amines is 1. The highest BCUT2D eigenvalue weighted by molar-refractivity contribution is 5.96. The van der Waals surface area contributed by atoms with Crippen LogP contribution in [0.5, 0.6) is 0 Å². The lowest BCUT2D eigenvalue weighted by molar-refractivity contribution is 0.222. The first kappa shape index (κ1) is 18.1. The van der Waals surface area contributed by atoms with Crippen molar-refractivity contribution in [3.8, 4) is 11.1 Å². The number of rotatable bonds is 3. The Balaban J connectivity index is 1.65. The van der Waals surface area contributed by atoms with Gasteiger partial charge in [0, 0.05) is 36.4 Å². The van der Waals surface area contributed by atoms with Crippen LogP contribution in [0.15, 0.2) is 24.5 Å². The first-order chi connectivity index (χ1) is 14.0. The van der Waals surface area contributed by atoms with Crippen molar-refractivity contribution in [3.63, 3.8) is 0 Å². The Labute approximate surface area is 168 Å². The van der Waals surface area contributed by atoms with E-state index in [9.17, 15) is 0 Å². The molecule has 1 aromatic carbocycles. The Morgan fingerprint density at radius 3 is 2.76 bits per heavy atom. The van der Waals surface area contributed by atoms with E-state index in [-0.39, 0.29) is 5.82 Å². The number of likely N-dealkylation sites (tertiary alicyclic amines) is 1. The molecule has 0 amide bonds. The minimum absolute atomic E-state index is 0.297. The molecule has 2 N–H and O–H groups in total. The fraction of sp³-hybridized carbons (Fsp3) is 0.381. The van der Waals surface area contributed by atoms with Gasteiger partial charge in [-0.15, -0.1) is 0 Å². The average Bonchev–Trinajstić information content (AvgIpc) is 3.29. The van der Waals surface area contributed by atoms with Crippen LogP contribution >= 0.6 is 0 Å². The van der Waals surface area contributed by atoms with Crippen LogP contribution < -0.4 is 5.32 Å². The standard InChI is InChI=1S/C21H24FN7/c1-12-26-19-17(22)8-13(9-18(19)29(12)14-4-6-28(3)7-5-14)15-10-24-20-16(15)11-25-21(23-2)27-20/h8-11,14H,4-7H2,1-3H3,(H2,23,24,25,27). The van der Waals surface area contributed by atoms with Crippen molar-refractivity contribution in [1.82, 2.24) is 29.4 Å². The van der Waals surface area contributed by atoms with E-state index in [2.05, 4.69) is 41.8 Å². The van der Waals surface area contributed by atoms with Gasteiger partial charge in [0.2, 0.25) is 5.95 Å². The second-order valence-corrected chi connectivity index (χ2v) is 7.80. The summed E-state index contributed by atoms with van der Waals surface area (Å²) in [7, 11) is 3.92. The van der Waals surface area contributed by atoms with Crippen molar-refractivity contribution in [1.29, 1.82) is 0 Å². The summed E-state index contributed by atoms with van der Waals surface area (Å²) in [6, 6.07) is 3.95. The van der Waals surface area contributed by atoms with E-state index in [1.165, 1.54) is 0 Å². The van der Waals surface area contributed by atoms with Gasteiger partial charge < -0.3 is 19.8 Å². The lowest BCUT2D eigenvalue weighted by atomic mass is 10.0. The molecule has 0 bridgehead atoms. The quantitative estimate of drug-likeness (QED) is 0.555. The molecule has 1 aliphatic heterocycles. The summed E-state index contributed by atoms with van der Waals surface area (Å²) in [5, 5.41) is 3.80. The van der Waals surface area contributed by atoms with E-state index in [0.29, 0.717) is 17.5 Å². The van der Waals surface area contributed by atoms with Crippen molar-refractivity contribution in [2.24, 2.45) is 0 Å². The number of piperidine rings is 1. The van der Waals surface area contributed by atoms with Crippen LogP contribution in [0.4, 0.5) is 10.3 Å². The molecule has 0 radical (unpaired) electrons. The average molecular weight is 393 g/mol. The second kappa shape index (κ2) is 6.81. The third-order valence-corrected chi connectivity index (χ3v) is 5.95. The van der Waals surface area contributed by atoms with Crippen LogP contribution in [0.3, 0.4) is 0 Å². The largest absolute Gasteiger partial charge is 0.357 e. The maximum Gasteiger partial charge on any atom is 0.224 e. The topological polar surface area (TPSA) is 74.7 Å². The van der Waals surface area contributed by atoms with Crippen LogP contribution in [-0.2, 0) is 0 Å². The summed E-state index contributed by atoms with van der Waals surface area (Å²) in [5.41, 5.74) is 3.71. The fourth-order valence-electron chi connectivity index (χ4n) is 4.40. The van der Waals surface area contributed by atoms with Crippen molar-refractivity contribution >= 4 is 28.0 Å². The number of imidazole rings is 1. The summed E-state index contributed by atoms with van der Waals surface area (Å²) >= 11 is 0. The van der Waals surface area contributed by atoms with E-state index < -0.39 is 0 Å². The number of H-pyrrole nitrogens is 1. The number of benzene rings is 1. The number of aromatic nitrogens is 5. The van der Waals surface area contributed by atoms with Gasteiger partial charge in [0.05, 0.1) is 5.52 Å². The Morgan fingerprint density at radius 1 is 1.21 bits per heavy atom. The SMILES string of the molecule is CNc1ncc2c(-c3cc(F)c4nc(C)n(C5CCN(C)CC5)c4c3)c[nH]c2n1. The van der Waals surface area contributed by atoms with E-state index in [1.54, 1.807) is 19.3 Å². The van der Waals surface area contributed by atoms with Gasteiger partial charge in [-0.25, -0.2) is 14.4 Å². The van der Waals surface area contributed by atoms with Crippen LogP contribution in [0.1, 0.15) is 24.7 Å². The molecule has 3 aromatic heterocycles. The number of aryl methyl sites for hydroxylation is 1.